The second kappa shape index (κ2) is 6.45. The first kappa shape index (κ1) is 15.6. The number of anilines is 1. The van der Waals surface area contributed by atoms with Crippen molar-refractivity contribution in [2.75, 3.05) is 26.6 Å². The smallest absolute Gasteiger partial charge is 0.413 e. The van der Waals surface area contributed by atoms with Crippen molar-refractivity contribution in [1.82, 2.24) is 15.0 Å². The van der Waals surface area contributed by atoms with E-state index in [4.69, 9.17) is 9.47 Å². The minimum Gasteiger partial charge on any atom is -0.493 e. The molecule has 1 amide bonds. The number of amides is 1. The quantitative estimate of drug-likeness (QED) is 0.764. The summed E-state index contributed by atoms with van der Waals surface area (Å²) in [6.07, 6.45) is 1.10. The van der Waals surface area contributed by atoms with Crippen molar-refractivity contribution >= 4 is 23.2 Å². The largest absolute Gasteiger partial charge is 0.493 e. The van der Waals surface area contributed by atoms with Gasteiger partial charge in [0.05, 0.1) is 26.8 Å². The highest BCUT2D eigenvalue weighted by atomic mass is 16.5. The first-order chi connectivity index (χ1) is 11.6. The van der Waals surface area contributed by atoms with E-state index in [1.807, 2.05) is 24.3 Å². The number of nitrogens with zero attached hydrogens (tertiary/aromatic N) is 2. The van der Waals surface area contributed by atoms with Gasteiger partial charge in [0.25, 0.3) is 0 Å². The van der Waals surface area contributed by atoms with Gasteiger partial charge in [-0.05, 0) is 23.8 Å². The van der Waals surface area contributed by atoms with E-state index in [9.17, 15) is 4.79 Å². The molecule has 2 aromatic heterocycles. The zero-order valence-corrected chi connectivity index (χ0v) is 13.4. The average Bonchev–Trinajstić information content (AvgIpc) is 3.02. The monoisotopic (exact) mass is 328 g/mol. The lowest BCUT2D eigenvalue weighted by molar-refractivity contribution is 0.186. The van der Waals surface area contributed by atoms with Gasteiger partial charge in [0.15, 0.2) is 17.1 Å². The SMILES string of the molecule is COC(=O)Nc1nc2ncc(-c3ccc(OC)c(OC)c3)cc2[nH]1. The van der Waals surface area contributed by atoms with Crippen molar-refractivity contribution < 1.29 is 19.0 Å². The van der Waals surface area contributed by atoms with E-state index in [-0.39, 0.29) is 5.95 Å². The molecule has 8 nitrogen and oxygen atoms in total. The normalized spacial score (nSPS) is 10.5. The number of aromatic nitrogens is 3. The van der Waals surface area contributed by atoms with Crippen LogP contribution >= 0.6 is 0 Å². The van der Waals surface area contributed by atoms with Crippen LogP contribution in [0.5, 0.6) is 11.5 Å². The zero-order chi connectivity index (χ0) is 17.1. The first-order valence-corrected chi connectivity index (χ1v) is 7.07. The Morgan fingerprint density at radius 2 is 1.88 bits per heavy atom. The Kier molecular flexibility index (Phi) is 4.19. The van der Waals surface area contributed by atoms with Gasteiger partial charge in [-0.3, -0.25) is 5.32 Å². The number of fused-ring (bicyclic) bond motifs is 1. The lowest BCUT2D eigenvalue weighted by Gasteiger charge is -2.09. The molecule has 0 aliphatic rings. The van der Waals surface area contributed by atoms with E-state index in [1.54, 1.807) is 20.4 Å². The molecule has 0 bridgehead atoms. The Morgan fingerprint density at radius 3 is 2.58 bits per heavy atom. The number of methoxy groups -OCH3 is 3. The molecule has 8 heteroatoms. The molecule has 0 radical (unpaired) electrons. The Bertz CT molecular complexity index is 891. The number of nitrogens with one attached hydrogen (secondary N) is 2. The summed E-state index contributed by atoms with van der Waals surface area (Å²) in [5.41, 5.74) is 2.97. The van der Waals surface area contributed by atoms with Crippen molar-refractivity contribution in [2.24, 2.45) is 0 Å². The topological polar surface area (TPSA) is 98.4 Å². The summed E-state index contributed by atoms with van der Waals surface area (Å²) in [7, 11) is 4.46. The van der Waals surface area contributed by atoms with Gasteiger partial charge in [-0.25, -0.2) is 9.78 Å². The number of carbonyl (C=O) groups excluding carboxylic acids is 1. The molecule has 0 saturated heterocycles. The molecule has 24 heavy (non-hydrogen) atoms. The van der Waals surface area contributed by atoms with E-state index in [2.05, 4.69) is 25.0 Å². The fourth-order valence-electron chi connectivity index (χ4n) is 2.28. The van der Waals surface area contributed by atoms with Crippen LogP contribution in [-0.2, 0) is 4.74 Å². The highest BCUT2D eigenvalue weighted by molar-refractivity contribution is 5.86. The Balaban J connectivity index is 1.97. The molecular formula is C16H16N4O4. The molecule has 1 aromatic carbocycles. The lowest BCUT2D eigenvalue weighted by Crippen LogP contribution is -2.11. The molecule has 3 aromatic rings. The van der Waals surface area contributed by atoms with E-state index in [0.29, 0.717) is 22.7 Å². The molecule has 0 unspecified atom stereocenters. The van der Waals surface area contributed by atoms with Crippen LogP contribution in [0.3, 0.4) is 0 Å². The van der Waals surface area contributed by atoms with Gasteiger partial charge in [-0.1, -0.05) is 6.07 Å². The van der Waals surface area contributed by atoms with Crippen molar-refractivity contribution in [2.45, 2.75) is 0 Å². The molecule has 0 aliphatic carbocycles. The van der Waals surface area contributed by atoms with Crippen LogP contribution in [-0.4, -0.2) is 42.4 Å². The van der Waals surface area contributed by atoms with Crippen LogP contribution < -0.4 is 14.8 Å². The molecule has 0 atom stereocenters. The van der Waals surface area contributed by atoms with Crippen molar-refractivity contribution in [3.8, 4) is 22.6 Å². The molecule has 0 spiro atoms. The predicted octanol–water partition coefficient (Wildman–Crippen LogP) is 2.82. The van der Waals surface area contributed by atoms with E-state index >= 15 is 0 Å². The molecule has 0 fully saturated rings. The fraction of sp³-hybridized carbons (Fsp3) is 0.188. The predicted molar refractivity (Wildman–Crippen MR) is 88.5 cm³/mol. The number of aromatic amines is 1. The third kappa shape index (κ3) is 2.94. The third-order valence-electron chi connectivity index (χ3n) is 3.46. The summed E-state index contributed by atoms with van der Waals surface area (Å²) in [6.45, 7) is 0. The number of imidazole rings is 1. The van der Waals surface area contributed by atoms with Gasteiger partial charge in [0.1, 0.15) is 0 Å². The Morgan fingerprint density at radius 1 is 1.08 bits per heavy atom. The van der Waals surface area contributed by atoms with Gasteiger partial charge in [-0.15, -0.1) is 0 Å². The molecule has 2 N–H and O–H groups in total. The van der Waals surface area contributed by atoms with E-state index in [1.165, 1.54) is 7.11 Å². The van der Waals surface area contributed by atoms with Crippen LogP contribution in [0.1, 0.15) is 0 Å². The van der Waals surface area contributed by atoms with E-state index in [0.717, 1.165) is 11.1 Å². The minimum atomic E-state index is -0.603. The van der Waals surface area contributed by atoms with Gasteiger partial charge in [-0.2, -0.15) is 4.98 Å². The fourth-order valence-corrected chi connectivity index (χ4v) is 2.28. The number of H-pyrrole nitrogens is 1. The van der Waals surface area contributed by atoms with Crippen LogP contribution in [0.4, 0.5) is 10.7 Å². The van der Waals surface area contributed by atoms with Gasteiger partial charge >= 0.3 is 6.09 Å². The summed E-state index contributed by atoms with van der Waals surface area (Å²) < 4.78 is 15.1. The van der Waals surface area contributed by atoms with Crippen LogP contribution in [0, 0.1) is 0 Å². The standard InChI is InChI=1S/C16H16N4O4/c1-22-12-5-4-9(7-13(12)23-2)10-6-11-14(17-8-10)19-15(18-11)20-16(21)24-3/h4-8H,1-3H3,(H2,17,18,19,20,21). The second-order valence-corrected chi connectivity index (χ2v) is 4.87. The zero-order valence-electron chi connectivity index (χ0n) is 13.4. The molecule has 0 saturated carbocycles. The second-order valence-electron chi connectivity index (χ2n) is 4.87. The lowest BCUT2D eigenvalue weighted by atomic mass is 10.1. The van der Waals surface area contributed by atoms with Crippen molar-refractivity contribution in [1.29, 1.82) is 0 Å². The minimum absolute atomic E-state index is 0.272. The van der Waals surface area contributed by atoms with Crippen LogP contribution in [0.2, 0.25) is 0 Å². The Hall–Kier alpha value is -3.29. The third-order valence-corrected chi connectivity index (χ3v) is 3.46. The number of pyridine rings is 1. The maximum Gasteiger partial charge on any atom is 0.413 e. The van der Waals surface area contributed by atoms with Gasteiger partial charge < -0.3 is 19.2 Å². The summed E-state index contributed by atoms with van der Waals surface area (Å²) >= 11 is 0. The number of hydrogen-bond acceptors (Lipinski definition) is 6. The number of carbonyl (C=O) groups is 1. The summed E-state index contributed by atoms with van der Waals surface area (Å²) in [4.78, 5) is 22.7. The van der Waals surface area contributed by atoms with Crippen LogP contribution in [0.25, 0.3) is 22.3 Å². The van der Waals surface area contributed by atoms with Gasteiger partial charge in [0, 0.05) is 11.8 Å². The highest BCUT2D eigenvalue weighted by Crippen LogP contribution is 2.32. The number of hydrogen-bond donors (Lipinski definition) is 2. The van der Waals surface area contributed by atoms with Crippen molar-refractivity contribution in [3.05, 3.63) is 30.5 Å². The summed E-state index contributed by atoms with van der Waals surface area (Å²) in [5, 5.41) is 2.47. The maximum absolute atomic E-state index is 11.2. The maximum atomic E-state index is 11.2. The summed E-state index contributed by atoms with van der Waals surface area (Å²) in [5.74, 6) is 1.56. The van der Waals surface area contributed by atoms with Gasteiger partial charge in [0.2, 0.25) is 5.95 Å². The van der Waals surface area contributed by atoms with E-state index < -0.39 is 6.09 Å². The molecule has 2 heterocycles. The molecular weight excluding hydrogens is 312 g/mol. The number of rotatable bonds is 4. The average molecular weight is 328 g/mol. The summed E-state index contributed by atoms with van der Waals surface area (Å²) in [6, 6.07) is 7.49. The Labute approximate surface area is 137 Å². The first-order valence-electron chi connectivity index (χ1n) is 7.07. The highest BCUT2D eigenvalue weighted by Gasteiger charge is 2.10. The van der Waals surface area contributed by atoms with Crippen LogP contribution in [0.15, 0.2) is 30.5 Å². The molecule has 124 valence electrons. The number of benzene rings is 1. The van der Waals surface area contributed by atoms with Crippen molar-refractivity contribution in [3.63, 3.8) is 0 Å². The molecule has 3 rings (SSSR count). The molecule has 0 aliphatic heterocycles. The number of ether oxygens (including phenoxy) is 3.